The molecular weight excluding hydrogens is 396 g/mol. The summed E-state index contributed by atoms with van der Waals surface area (Å²) < 4.78 is 1.53. The summed E-state index contributed by atoms with van der Waals surface area (Å²) in [5, 5.41) is 12.0. The van der Waals surface area contributed by atoms with Gasteiger partial charge in [0.25, 0.3) is 0 Å². The molecule has 0 aliphatic rings. The summed E-state index contributed by atoms with van der Waals surface area (Å²) in [5.41, 5.74) is 7.17. The number of hydrogen-bond donors (Lipinski definition) is 4. The number of carbonyl (C=O) groups excluding carboxylic acids is 3. The van der Waals surface area contributed by atoms with E-state index in [0.717, 1.165) is 5.56 Å². The highest BCUT2D eigenvalue weighted by Gasteiger charge is 2.17. The molecule has 0 spiro atoms. The van der Waals surface area contributed by atoms with Crippen LogP contribution >= 0.6 is 12.4 Å². The van der Waals surface area contributed by atoms with E-state index >= 15 is 0 Å². The molecule has 0 radical (unpaired) electrons. The van der Waals surface area contributed by atoms with Crippen molar-refractivity contribution in [1.29, 1.82) is 0 Å². The minimum absolute atomic E-state index is 0. The van der Waals surface area contributed by atoms with Crippen molar-refractivity contribution in [2.75, 3.05) is 11.9 Å². The van der Waals surface area contributed by atoms with Gasteiger partial charge >= 0.3 is 0 Å². The highest BCUT2D eigenvalue weighted by molar-refractivity contribution is 5.90. The molecule has 0 aliphatic carbocycles. The molecule has 2 rings (SSSR count). The van der Waals surface area contributed by atoms with Gasteiger partial charge in [0.2, 0.25) is 17.7 Å². The first-order chi connectivity index (χ1) is 13.3. The molecule has 0 aliphatic heterocycles. The van der Waals surface area contributed by atoms with E-state index in [2.05, 4.69) is 21.0 Å². The van der Waals surface area contributed by atoms with Crippen molar-refractivity contribution in [2.24, 2.45) is 11.7 Å². The highest BCUT2D eigenvalue weighted by atomic mass is 35.5. The number of amides is 3. The van der Waals surface area contributed by atoms with Crippen molar-refractivity contribution in [1.82, 2.24) is 20.4 Å². The zero-order chi connectivity index (χ0) is 20.5. The van der Waals surface area contributed by atoms with E-state index in [9.17, 15) is 14.4 Å². The Morgan fingerprint density at radius 2 is 1.90 bits per heavy atom. The van der Waals surface area contributed by atoms with Gasteiger partial charge in [0.1, 0.15) is 6.54 Å². The summed E-state index contributed by atoms with van der Waals surface area (Å²) in [5.74, 6) is -0.882. The maximum atomic E-state index is 12.0. The van der Waals surface area contributed by atoms with E-state index in [4.69, 9.17) is 5.73 Å². The standard InChI is InChI=1S/C19H26N6O3.ClH/c1-13(2)18(20)19(28)22-11-16(26)21-10-14-5-3-6-15(9-14)24-17(27)12-25-8-4-7-23-25;/h3-9,13,18H,10-12,20H2,1-2H3,(H,21,26)(H,22,28)(H,24,27);1H/t18-;/m0./s1. The van der Waals surface area contributed by atoms with Gasteiger partial charge in [-0.1, -0.05) is 26.0 Å². The molecule has 1 aromatic heterocycles. The zero-order valence-electron chi connectivity index (χ0n) is 16.4. The average molecular weight is 423 g/mol. The van der Waals surface area contributed by atoms with E-state index < -0.39 is 6.04 Å². The molecule has 0 fully saturated rings. The summed E-state index contributed by atoms with van der Waals surface area (Å²) in [6, 6.07) is 8.25. The minimum atomic E-state index is -0.644. The van der Waals surface area contributed by atoms with Gasteiger partial charge in [-0.25, -0.2) is 0 Å². The number of nitrogens with one attached hydrogen (secondary N) is 3. The van der Waals surface area contributed by atoms with Crippen LogP contribution in [0.5, 0.6) is 0 Å². The van der Waals surface area contributed by atoms with Crippen LogP contribution in [0.4, 0.5) is 5.69 Å². The smallest absolute Gasteiger partial charge is 0.246 e. The molecule has 158 valence electrons. The van der Waals surface area contributed by atoms with Crippen LogP contribution in [-0.2, 0) is 27.5 Å². The third-order valence-electron chi connectivity index (χ3n) is 4.01. The molecule has 0 unspecified atom stereocenters. The molecule has 1 heterocycles. The van der Waals surface area contributed by atoms with E-state index in [-0.39, 0.29) is 55.7 Å². The van der Waals surface area contributed by atoms with Crippen molar-refractivity contribution in [3.63, 3.8) is 0 Å². The van der Waals surface area contributed by atoms with Crippen molar-refractivity contribution >= 4 is 35.8 Å². The van der Waals surface area contributed by atoms with Crippen molar-refractivity contribution in [3.05, 3.63) is 48.3 Å². The second kappa shape index (κ2) is 11.8. The summed E-state index contributed by atoms with van der Waals surface area (Å²) in [6.07, 6.45) is 3.31. The molecule has 2 aromatic rings. The number of rotatable bonds is 9. The van der Waals surface area contributed by atoms with Crippen molar-refractivity contribution in [3.8, 4) is 0 Å². The lowest BCUT2D eigenvalue weighted by Crippen LogP contribution is -2.47. The monoisotopic (exact) mass is 422 g/mol. The Morgan fingerprint density at radius 1 is 1.14 bits per heavy atom. The Bertz CT molecular complexity index is 810. The second-order valence-corrected chi connectivity index (χ2v) is 6.72. The number of aromatic nitrogens is 2. The number of benzene rings is 1. The number of nitrogens with zero attached hydrogens (tertiary/aromatic N) is 2. The number of nitrogens with two attached hydrogens (primary N) is 1. The van der Waals surface area contributed by atoms with Crippen LogP contribution in [0.2, 0.25) is 0 Å². The second-order valence-electron chi connectivity index (χ2n) is 6.72. The van der Waals surface area contributed by atoms with Gasteiger partial charge in [-0.15, -0.1) is 12.4 Å². The number of halogens is 1. The maximum absolute atomic E-state index is 12.0. The molecule has 3 amide bonds. The molecule has 9 nitrogen and oxygen atoms in total. The van der Waals surface area contributed by atoms with Gasteiger partial charge in [-0.05, 0) is 29.7 Å². The van der Waals surface area contributed by atoms with E-state index in [1.54, 1.807) is 36.7 Å². The molecule has 0 saturated carbocycles. The van der Waals surface area contributed by atoms with E-state index in [1.165, 1.54) is 4.68 Å². The van der Waals surface area contributed by atoms with Gasteiger partial charge in [-0.3, -0.25) is 19.1 Å². The Balaban J connectivity index is 0.00000420. The largest absolute Gasteiger partial charge is 0.350 e. The first-order valence-corrected chi connectivity index (χ1v) is 9.01. The topological polar surface area (TPSA) is 131 Å². The Kier molecular flexibility index (Phi) is 9.84. The number of anilines is 1. The first kappa shape index (κ1) is 24.1. The summed E-state index contributed by atoms with van der Waals surface area (Å²) in [4.78, 5) is 35.7. The lowest BCUT2D eigenvalue weighted by Gasteiger charge is -2.15. The van der Waals surface area contributed by atoms with E-state index in [0.29, 0.717) is 5.69 Å². The molecule has 0 bridgehead atoms. The van der Waals surface area contributed by atoms with Gasteiger partial charge in [0.05, 0.1) is 12.6 Å². The Labute approximate surface area is 175 Å². The lowest BCUT2D eigenvalue weighted by molar-refractivity contribution is -0.127. The SMILES string of the molecule is CC(C)[C@H](N)C(=O)NCC(=O)NCc1cccc(NC(=O)Cn2cccn2)c1.Cl. The fourth-order valence-corrected chi connectivity index (χ4v) is 2.35. The number of hydrogen-bond acceptors (Lipinski definition) is 5. The molecule has 0 saturated heterocycles. The normalized spacial score (nSPS) is 11.3. The first-order valence-electron chi connectivity index (χ1n) is 9.01. The third kappa shape index (κ3) is 8.32. The zero-order valence-corrected chi connectivity index (χ0v) is 17.2. The molecular formula is C19H27ClN6O3. The van der Waals surface area contributed by atoms with Crippen LogP contribution in [0.3, 0.4) is 0 Å². The molecule has 1 atom stereocenters. The third-order valence-corrected chi connectivity index (χ3v) is 4.01. The van der Waals surface area contributed by atoms with Gasteiger partial charge in [0, 0.05) is 24.6 Å². The molecule has 10 heteroatoms. The van der Waals surface area contributed by atoms with Crippen LogP contribution in [0.25, 0.3) is 0 Å². The molecule has 5 N–H and O–H groups in total. The van der Waals surface area contributed by atoms with Gasteiger partial charge in [0.15, 0.2) is 0 Å². The highest BCUT2D eigenvalue weighted by Crippen LogP contribution is 2.10. The molecule has 1 aromatic carbocycles. The summed E-state index contributed by atoms with van der Waals surface area (Å²) in [7, 11) is 0. The van der Waals surface area contributed by atoms with Crippen LogP contribution in [-0.4, -0.2) is 40.1 Å². The minimum Gasteiger partial charge on any atom is -0.350 e. The molecule has 29 heavy (non-hydrogen) atoms. The quantitative estimate of drug-likeness (QED) is 0.471. The Morgan fingerprint density at radius 3 is 2.55 bits per heavy atom. The van der Waals surface area contributed by atoms with Crippen molar-refractivity contribution < 1.29 is 14.4 Å². The fourth-order valence-electron chi connectivity index (χ4n) is 2.35. The number of carbonyl (C=O) groups is 3. The predicted octanol–water partition coefficient (Wildman–Crippen LogP) is 0.659. The maximum Gasteiger partial charge on any atom is 0.246 e. The fraction of sp³-hybridized carbons (Fsp3) is 0.368. The van der Waals surface area contributed by atoms with E-state index in [1.807, 2.05) is 19.9 Å². The average Bonchev–Trinajstić information content (AvgIpc) is 3.16. The van der Waals surface area contributed by atoms with Crippen LogP contribution in [0.1, 0.15) is 19.4 Å². The van der Waals surface area contributed by atoms with Crippen molar-refractivity contribution in [2.45, 2.75) is 33.0 Å². The lowest BCUT2D eigenvalue weighted by atomic mass is 10.1. The summed E-state index contributed by atoms with van der Waals surface area (Å²) in [6.45, 7) is 3.93. The Hall–Kier alpha value is -2.91. The summed E-state index contributed by atoms with van der Waals surface area (Å²) >= 11 is 0. The van der Waals surface area contributed by atoms with Crippen LogP contribution in [0.15, 0.2) is 42.7 Å². The van der Waals surface area contributed by atoms with Crippen LogP contribution < -0.4 is 21.7 Å². The van der Waals surface area contributed by atoms with Crippen LogP contribution in [0, 0.1) is 5.92 Å². The predicted molar refractivity (Wildman–Crippen MR) is 112 cm³/mol. The van der Waals surface area contributed by atoms with Gasteiger partial charge < -0.3 is 21.7 Å². The van der Waals surface area contributed by atoms with Gasteiger partial charge in [-0.2, -0.15) is 5.10 Å².